The molecule has 39 heavy (non-hydrogen) atoms. The van der Waals surface area contributed by atoms with E-state index in [1.54, 1.807) is 12.3 Å². The monoisotopic (exact) mass is 558 g/mol. The molecule has 11 nitrogen and oxygen atoms in total. The number of carbonyl (C=O) groups is 2. The van der Waals surface area contributed by atoms with Crippen molar-refractivity contribution < 1.29 is 9.59 Å². The van der Waals surface area contributed by atoms with E-state index in [9.17, 15) is 14.4 Å². The van der Waals surface area contributed by atoms with Crippen molar-refractivity contribution >= 4 is 56.1 Å². The number of carbonyl (C=O) groups excluding carboxylic acids is 2. The molecule has 0 saturated carbocycles. The van der Waals surface area contributed by atoms with E-state index in [2.05, 4.69) is 30.8 Å². The van der Waals surface area contributed by atoms with E-state index in [1.165, 1.54) is 22.1 Å². The summed E-state index contributed by atoms with van der Waals surface area (Å²) >= 11 is 2.64. The molecule has 13 heteroatoms. The summed E-state index contributed by atoms with van der Waals surface area (Å²) in [5.74, 6) is -0.0215. The molecule has 0 radical (unpaired) electrons. The van der Waals surface area contributed by atoms with Gasteiger partial charge in [-0.3, -0.25) is 19.0 Å². The van der Waals surface area contributed by atoms with Gasteiger partial charge in [0.05, 0.1) is 12.7 Å². The number of hydrogen-bond acceptors (Lipinski definition) is 10. The summed E-state index contributed by atoms with van der Waals surface area (Å²) in [5.41, 5.74) is 6.09. The van der Waals surface area contributed by atoms with Crippen LogP contribution in [0.15, 0.2) is 59.7 Å². The van der Waals surface area contributed by atoms with Gasteiger partial charge in [0.15, 0.2) is 0 Å². The van der Waals surface area contributed by atoms with Gasteiger partial charge in [-0.2, -0.15) is 0 Å². The maximum atomic E-state index is 13.4. The van der Waals surface area contributed by atoms with Gasteiger partial charge in [-0.15, -0.1) is 21.5 Å². The third kappa shape index (κ3) is 4.77. The van der Waals surface area contributed by atoms with Crippen LogP contribution in [0.1, 0.15) is 45.8 Å². The van der Waals surface area contributed by atoms with Gasteiger partial charge < -0.3 is 16.4 Å². The molecular formula is C26H22N8O3S2. The lowest BCUT2D eigenvalue weighted by atomic mass is 10.1. The van der Waals surface area contributed by atoms with E-state index >= 15 is 0 Å². The largest absolute Gasteiger partial charge is 0.384 e. The van der Waals surface area contributed by atoms with Gasteiger partial charge in [0, 0.05) is 32.6 Å². The lowest BCUT2D eigenvalue weighted by Crippen LogP contribution is -2.36. The van der Waals surface area contributed by atoms with Crippen LogP contribution in [0, 0.1) is 0 Å². The Labute approximate surface area is 229 Å². The third-order valence-electron chi connectivity index (χ3n) is 6.45. The fraction of sp³-hybridized carbons (Fsp3) is 0.192. The maximum Gasteiger partial charge on any atom is 0.286 e. The average molecular weight is 559 g/mol. The van der Waals surface area contributed by atoms with Crippen molar-refractivity contribution in [1.29, 1.82) is 0 Å². The number of amides is 2. The third-order valence-corrected chi connectivity index (χ3v) is 8.52. The maximum absolute atomic E-state index is 13.4. The predicted octanol–water partition coefficient (Wildman–Crippen LogP) is 3.57. The Hall–Kier alpha value is -4.49. The molecule has 5 aromatic rings. The number of fused-ring (bicyclic) bond motifs is 2. The number of aromatic nitrogens is 5. The molecule has 0 unspecified atom stereocenters. The molecule has 196 valence electrons. The van der Waals surface area contributed by atoms with Crippen LogP contribution in [0.3, 0.4) is 0 Å². The fourth-order valence-electron chi connectivity index (χ4n) is 4.57. The highest BCUT2D eigenvalue weighted by molar-refractivity contribution is 7.19. The molecule has 2 amide bonds. The summed E-state index contributed by atoms with van der Waals surface area (Å²) in [4.78, 5) is 49.0. The van der Waals surface area contributed by atoms with Gasteiger partial charge in [-0.25, -0.2) is 9.97 Å². The Morgan fingerprint density at radius 3 is 2.74 bits per heavy atom. The number of benzene rings is 1. The SMILES string of the molecule is C[C@H]1C[C@@H](C(=O)NCc2cc3cnc(N)cc3s2)n2c1ncc(NC(=O)c1nnc(-c3ccccc3)s1)c2=O. The first-order chi connectivity index (χ1) is 18.9. The standard InChI is InChI=1S/C26H22N8O3S2/c1-13-7-18(22(35)30-11-16-8-15-10-28-20(27)9-19(15)38-16)34-21(13)29-12-17(26(34)37)31-23(36)25-33-32-24(39-25)14-5-3-2-4-6-14/h2-6,8-10,12-13,18H,7,11H2,1H3,(H2,27,28)(H,30,35)(H,31,36)/t13-,18-/m0/s1. The Kier molecular flexibility index (Phi) is 6.37. The van der Waals surface area contributed by atoms with Crippen molar-refractivity contribution in [2.24, 2.45) is 0 Å². The number of nitrogens with two attached hydrogens (primary N) is 1. The molecule has 1 aliphatic heterocycles. The zero-order chi connectivity index (χ0) is 27.1. The predicted molar refractivity (Wildman–Crippen MR) is 150 cm³/mol. The number of hydrogen-bond donors (Lipinski definition) is 3. The number of nitrogens with zero attached hydrogens (tertiary/aromatic N) is 5. The summed E-state index contributed by atoms with van der Waals surface area (Å²) < 4.78 is 2.36. The summed E-state index contributed by atoms with van der Waals surface area (Å²) in [5, 5.41) is 15.2. The molecule has 0 bridgehead atoms. The number of thiophene rings is 1. The molecule has 0 fully saturated rings. The zero-order valence-electron chi connectivity index (χ0n) is 20.6. The van der Waals surface area contributed by atoms with Crippen molar-refractivity contribution in [3.8, 4) is 10.6 Å². The van der Waals surface area contributed by atoms with Crippen molar-refractivity contribution in [2.45, 2.75) is 31.8 Å². The van der Waals surface area contributed by atoms with Gasteiger partial charge >= 0.3 is 0 Å². The Morgan fingerprint density at radius 1 is 1.10 bits per heavy atom. The molecule has 4 aromatic heterocycles. The number of nitrogen functional groups attached to an aromatic ring is 1. The van der Waals surface area contributed by atoms with Gasteiger partial charge in [0.1, 0.15) is 28.4 Å². The van der Waals surface area contributed by atoms with Crippen molar-refractivity contribution in [3.05, 3.63) is 80.9 Å². The molecule has 0 spiro atoms. The summed E-state index contributed by atoms with van der Waals surface area (Å²) in [6, 6.07) is 12.4. The van der Waals surface area contributed by atoms with Gasteiger partial charge in [-0.05, 0) is 18.6 Å². The van der Waals surface area contributed by atoms with Crippen LogP contribution in [0.2, 0.25) is 0 Å². The summed E-state index contributed by atoms with van der Waals surface area (Å²) in [6.07, 6.45) is 3.46. The van der Waals surface area contributed by atoms with Gasteiger partial charge in [0.25, 0.3) is 11.5 Å². The average Bonchev–Trinajstić information content (AvgIpc) is 3.66. The Bertz CT molecular complexity index is 1780. The van der Waals surface area contributed by atoms with Crippen LogP contribution >= 0.6 is 22.7 Å². The number of pyridine rings is 1. The molecule has 6 rings (SSSR count). The second-order valence-electron chi connectivity index (χ2n) is 9.17. The normalized spacial score (nSPS) is 16.2. The molecule has 5 heterocycles. The minimum atomic E-state index is -0.746. The van der Waals surface area contributed by atoms with E-state index in [4.69, 9.17) is 5.73 Å². The number of anilines is 2. The summed E-state index contributed by atoms with van der Waals surface area (Å²) in [6.45, 7) is 2.22. The quantitative estimate of drug-likeness (QED) is 0.285. The fourth-order valence-corrected chi connectivity index (χ4v) is 6.34. The lowest BCUT2D eigenvalue weighted by molar-refractivity contribution is -0.124. The lowest BCUT2D eigenvalue weighted by Gasteiger charge is -2.15. The highest BCUT2D eigenvalue weighted by Crippen LogP contribution is 2.34. The van der Waals surface area contributed by atoms with E-state index in [0.29, 0.717) is 29.6 Å². The van der Waals surface area contributed by atoms with Crippen LogP contribution in [-0.4, -0.2) is 36.5 Å². The van der Waals surface area contributed by atoms with E-state index in [-0.39, 0.29) is 22.5 Å². The molecule has 0 aliphatic carbocycles. The molecule has 1 aliphatic rings. The van der Waals surface area contributed by atoms with Crippen LogP contribution in [0.5, 0.6) is 0 Å². The summed E-state index contributed by atoms with van der Waals surface area (Å²) in [7, 11) is 0. The van der Waals surface area contributed by atoms with Crippen LogP contribution in [-0.2, 0) is 11.3 Å². The van der Waals surface area contributed by atoms with Crippen LogP contribution < -0.4 is 21.9 Å². The van der Waals surface area contributed by atoms with E-state index in [0.717, 1.165) is 31.9 Å². The first kappa shape index (κ1) is 24.8. The van der Waals surface area contributed by atoms with E-state index < -0.39 is 17.5 Å². The molecular weight excluding hydrogens is 536 g/mol. The molecule has 2 atom stereocenters. The molecule has 4 N–H and O–H groups in total. The number of rotatable bonds is 6. The van der Waals surface area contributed by atoms with Gasteiger partial charge in [0.2, 0.25) is 10.9 Å². The highest BCUT2D eigenvalue weighted by Gasteiger charge is 2.36. The molecule has 0 saturated heterocycles. The van der Waals surface area contributed by atoms with Crippen molar-refractivity contribution in [1.82, 2.24) is 30.0 Å². The zero-order valence-corrected chi connectivity index (χ0v) is 22.3. The molecule has 1 aromatic carbocycles. The smallest absolute Gasteiger partial charge is 0.286 e. The first-order valence-electron chi connectivity index (χ1n) is 12.1. The highest BCUT2D eigenvalue weighted by atomic mass is 32.1. The Morgan fingerprint density at radius 2 is 1.92 bits per heavy atom. The first-order valence-corrected chi connectivity index (χ1v) is 13.7. The Balaban J connectivity index is 1.19. The second kappa shape index (κ2) is 10.0. The van der Waals surface area contributed by atoms with Crippen LogP contribution in [0.25, 0.3) is 20.7 Å². The van der Waals surface area contributed by atoms with Crippen molar-refractivity contribution in [2.75, 3.05) is 11.1 Å². The van der Waals surface area contributed by atoms with Gasteiger partial charge in [-0.1, -0.05) is 48.6 Å². The van der Waals surface area contributed by atoms with Crippen molar-refractivity contribution in [3.63, 3.8) is 0 Å². The van der Waals surface area contributed by atoms with E-state index in [1.807, 2.05) is 43.3 Å². The minimum absolute atomic E-state index is 0.0262. The van der Waals surface area contributed by atoms with Crippen LogP contribution in [0.4, 0.5) is 11.5 Å². The minimum Gasteiger partial charge on any atom is -0.384 e. The topological polar surface area (TPSA) is 158 Å². The number of nitrogens with one attached hydrogen (secondary N) is 2. The second-order valence-corrected chi connectivity index (χ2v) is 11.3.